The largest absolute Gasteiger partial charge is 0.479 e. The lowest BCUT2D eigenvalue weighted by atomic mass is 10.0. The Bertz CT molecular complexity index is 269. The van der Waals surface area contributed by atoms with Crippen molar-refractivity contribution in [3.05, 3.63) is 0 Å². The van der Waals surface area contributed by atoms with Gasteiger partial charge >= 0.3 is 5.97 Å². The zero-order valence-electron chi connectivity index (χ0n) is 11.0. The van der Waals surface area contributed by atoms with Crippen LogP contribution in [0, 0.1) is 5.92 Å². The van der Waals surface area contributed by atoms with E-state index in [1.807, 2.05) is 0 Å². The maximum atomic E-state index is 10.8. The lowest BCUT2D eigenvalue weighted by Gasteiger charge is -2.06. The summed E-state index contributed by atoms with van der Waals surface area (Å²) in [4.78, 5) is 10.8. The van der Waals surface area contributed by atoms with Crippen LogP contribution in [0.2, 0.25) is 0 Å². The molecule has 1 atom stereocenters. The average Bonchev–Trinajstić information content (AvgIpc) is 3.22. The van der Waals surface area contributed by atoms with Gasteiger partial charge in [-0.1, -0.05) is 25.7 Å². The molecule has 1 heterocycles. The van der Waals surface area contributed by atoms with Crippen LogP contribution in [0.15, 0.2) is 0 Å². The van der Waals surface area contributed by atoms with E-state index in [1.165, 1.54) is 19.3 Å². The van der Waals surface area contributed by atoms with E-state index in [0.717, 1.165) is 44.8 Å². The molecule has 0 amide bonds. The van der Waals surface area contributed by atoms with Crippen LogP contribution in [-0.2, 0) is 14.3 Å². The standard InChI is InChI=1S/C14H24O4/c15-13(16)14(11-18-14)8-3-1-2-4-9-17-10-7-12-5-6-12/h12H,1-11H2,(H,15,16). The molecule has 1 aliphatic carbocycles. The van der Waals surface area contributed by atoms with Crippen molar-refractivity contribution in [3.63, 3.8) is 0 Å². The van der Waals surface area contributed by atoms with Gasteiger partial charge in [-0.05, 0) is 31.6 Å². The van der Waals surface area contributed by atoms with Gasteiger partial charge in [-0.2, -0.15) is 0 Å². The van der Waals surface area contributed by atoms with Crippen molar-refractivity contribution in [1.29, 1.82) is 0 Å². The minimum Gasteiger partial charge on any atom is -0.479 e. The Morgan fingerprint density at radius 2 is 1.94 bits per heavy atom. The number of hydrogen-bond acceptors (Lipinski definition) is 3. The number of epoxide rings is 1. The molecular formula is C14H24O4. The van der Waals surface area contributed by atoms with E-state index in [9.17, 15) is 4.79 Å². The molecule has 4 nitrogen and oxygen atoms in total. The summed E-state index contributed by atoms with van der Waals surface area (Å²) in [7, 11) is 0. The van der Waals surface area contributed by atoms with E-state index >= 15 is 0 Å². The Kier molecular flexibility index (Phi) is 5.01. The first-order valence-electron chi connectivity index (χ1n) is 7.18. The molecular weight excluding hydrogens is 232 g/mol. The van der Waals surface area contributed by atoms with Crippen LogP contribution in [0.3, 0.4) is 0 Å². The van der Waals surface area contributed by atoms with Gasteiger partial charge in [-0.15, -0.1) is 0 Å². The van der Waals surface area contributed by atoms with Gasteiger partial charge < -0.3 is 14.6 Å². The van der Waals surface area contributed by atoms with Gasteiger partial charge in [-0.25, -0.2) is 4.79 Å². The summed E-state index contributed by atoms with van der Waals surface area (Å²) in [6.07, 6.45) is 8.92. The Balaban J connectivity index is 1.34. The van der Waals surface area contributed by atoms with Crippen molar-refractivity contribution in [2.75, 3.05) is 19.8 Å². The first-order valence-corrected chi connectivity index (χ1v) is 7.18. The molecule has 1 saturated carbocycles. The third kappa shape index (κ3) is 4.58. The summed E-state index contributed by atoms with van der Waals surface area (Å²) in [6, 6.07) is 0. The monoisotopic (exact) mass is 256 g/mol. The van der Waals surface area contributed by atoms with Gasteiger partial charge in [0, 0.05) is 13.2 Å². The van der Waals surface area contributed by atoms with Crippen molar-refractivity contribution in [2.24, 2.45) is 5.92 Å². The van der Waals surface area contributed by atoms with E-state index in [-0.39, 0.29) is 0 Å². The van der Waals surface area contributed by atoms with Crippen molar-refractivity contribution in [3.8, 4) is 0 Å². The number of carbonyl (C=O) groups is 1. The predicted octanol–water partition coefficient (Wildman–Crippen LogP) is 2.61. The summed E-state index contributed by atoms with van der Waals surface area (Å²) in [6.45, 7) is 2.17. The molecule has 1 saturated heterocycles. The molecule has 0 bridgehead atoms. The average molecular weight is 256 g/mol. The number of hydrogen-bond donors (Lipinski definition) is 1. The van der Waals surface area contributed by atoms with E-state index in [1.54, 1.807) is 0 Å². The highest BCUT2D eigenvalue weighted by Crippen LogP contribution is 2.33. The van der Waals surface area contributed by atoms with Crippen LogP contribution in [0.4, 0.5) is 0 Å². The minimum atomic E-state index is -0.819. The van der Waals surface area contributed by atoms with Crippen LogP contribution in [0.1, 0.15) is 51.4 Å². The van der Waals surface area contributed by atoms with Crippen molar-refractivity contribution in [2.45, 2.75) is 57.0 Å². The highest BCUT2D eigenvalue weighted by atomic mass is 16.6. The molecule has 4 heteroatoms. The third-order valence-electron chi connectivity index (χ3n) is 3.87. The fourth-order valence-electron chi connectivity index (χ4n) is 2.19. The van der Waals surface area contributed by atoms with Crippen LogP contribution >= 0.6 is 0 Å². The number of ether oxygens (including phenoxy) is 2. The van der Waals surface area contributed by atoms with Crippen LogP contribution in [0.5, 0.6) is 0 Å². The molecule has 0 aromatic rings. The Labute approximate surface area is 109 Å². The molecule has 0 spiro atoms. The number of carboxylic acids is 1. The summed E-state index contributed by atoms with van der Waals surface area (Å²) in [5.41, 5.74) is -0.819. The molecule has 0 radical (unpaired) electrons. The Hall–Kier alpha value is -0.610. The highest BCUT2D eigenvalue weighted by Gasteiger charge is 2.51. The molecule has 0 aromatic carbocycles. The summed E-state index contributed by atoms with van der Waals surface area (Å²) in [5, 5.41) is 8.91. The van der Waals surface area contributed by atoms with Crippen LogP contribution in [-0.4, -0.2) is 36.5 Å². The van der Waals surface area contributed by atoms with E-state index in [2.05, 4.69) is 0 Å². The molecule has 2 rings (SSSR count). The summed E-state index contributed by atoms with van der Waals surface area (Å²) < 4.78 is 10.6. The number of unbranched alkanes of at least 4 members (excludes halogenated alkanes) is 3. The molecule has 104 valence electrons. The zero-order chi connectivity index (χ0) is 12.8. The summed E-state index contributed by atoms with van der Waals surface area (Å²) in [5.74, 6) is 0.154. The predicted molar refractivity (Wildman–Crippen MR) is 67.6 cm³/mol. The normalized spacial score (nSPS) is 26.2. The maximum Gasteiger partial charge on any atom is 0.338 e. The first-order chi connectivity index (χ1) is 8.73. The second-order valence-electron chi connectivity index (χ2n) is 5.60. The van der Waals surface area contributed by atoms with E-state index in [0.29, 0.717) is 13.0 Å². The highest BCUT2D eigenvalue weighted by molar-refractivity contribution is 5.80. The van der Waals surface area contributed by atoms with E-state index in [4.69, 9.17) is 14.6 Å². The van der Waals surface area contributed by atoms with Gasteiger partial charge in [0.2, 0.25) is 0 Å². The number of carboxylic acid groups (broad SMARTS) is 1. The second-order valence-corrected chi connectivity index (χ2v) is 5.60. The zero-order valence-corrected chi connectivity index (χ0v) is 11.0. The second kappa shape index (κ2) is 6.53. The lowest BCUT2D eigenvalue weighted by Crippen LogP contribution is -2.23. The number of rotatable bonds is 11. The maximum absolute atomic E-state index is 10.8. The minimum absolute atomic E-state index is 0.395. The first kappa shape index (κ1) is 13.8. The van der Waals surface area contributed by atoms with E-state index < -0.39 is 11.6 Å². The fourth-order valence-corrected chi connectivity index (χ4v) is 2.19. The summed E-state index contributed by atoms with van der Waals surface area (Å²) >= 11 is 0. The number of aliphatic carboxylic acids is 1. The van der Waals surface area contributed by atoms with Gasteiger partial charge in [0.1, 0.15) is 0 Å². The molecule has 1 aliphatic heterocycles. The topological polar surface area (TPSA) is 59.1 Å². The molecule has 2 fully saturated rings. The lowest BCUT2D eigenvalue weighted by molar-refractivity contribution is -0.143. The van der Waals surface area contributed by atoms with Crippen LogP contribution in [0.25, 0.3) is 0 Å². The molecule has 1 N–H and O–H groups in total. The quantitative estimate of drug-likeness (QED) is 0.456. The molecule has 18 heavy (non-hydrogen) atoms. The van der Waals surface area contributed by atoms with Crippen molar-refractivity contribution >= 4 is 5.97 Å². The fraction of sp³-hybridized carbons (Fsp3) is 0.929. The molecule has 1 unspecified atom stereocenters. The van der Waals surface area contributed by atoms with Gasteiger partial charge in [0.25, 0.3) is 0 Å². The van der Waals surface area contributed by atoms with Crippen molar-refractivity contribution < 1.29 is 19.4 Å². The van der Waals surface area contributed by atoms with Gasteiger partial charge in [0.15, 0.2) is 5.60 Å². The SMILES string of the molecule is O=C(O)C1(CCCCCCOCCC2CC2)CO1. The van der Waals surface area contributed by atoms with Crippen molar-refractivity contribution in [1.82, 2.24) is 0 Å². The Morgan fingerprint density at radius 1 is 1.22 bits per heavy atom. The smallest absolute Gasteiger partial charge is 0.338 e. The Morgan fingerprint density at radius 3 is 2.56 bits per heavy atom. The third-order valence-corrected chi connectivity index (χ3v) is 3.87. The van der Waals surface area contributed by atoms with Gasteiger partial charge in [0.05, 0.1) is 6.61 Å². The molecule has 0 aromatic heterocycles. The van der Waals surface area contributed by atoms with Gasteiger partial charge in [-0.3, -0.25) is 0 Å². The van der Waals surface area contributed by atoms with Crippen LogP contribution < -0.4 is 0 Å². The molecule has 2 aliphatic rings.